The molecule has 2 aliphatic heterocycles. The van der Waals surface area contributed by atoms with Crippen molar-refractivity contribution in [3.63, 3.8) is 0 Å². The van der Waals surface area contributed by atoms with Crippen molar-refractivity contribution in [2.45, 2.75) is 26.2 Å². The van der Waals surface area contributed by atoms with E-state index in [0.717, 1.165) is 31.6 Å². The standard InChI is InChI=1S/C17H22N2O3/c1-2-16(20)19-9-10-22-15-4-3-13(11-14(15)19)17(21)12-5-7-18-8-6-12/h3-4,11-12,18H,2,5-10H2,1H3. The van der Waals surface area contributed by atoms with E-state index in [0.29, 0.717) is 30.9 Å². The van der Waals surface area contributed by atoms with Crippen molar-refractivity contribution in [3.05, 3.63) is 23.8 Å². The average molecular weight is 302 g/mol. The number of Topliss-reactive ketones (excluding diaryl/α,β-unsaturated/α-hetero) is 1. The Balaban J connectivity index is 1.88. The minimum atomic E-state index is 0.0658. The SMILES string of the molecule is CCC(=O)N1CCOc2ccc(C(=O)C3CCNCC3)cc21. The Morgan fingerprint density at radius 2 is 2.09 bits per heavy atom. The summed E-state index contributed by atoms with van der Waals surface area (Å²) in [7, 11) is 0. The number of hydrogen-bond donors (Lipinski definition) is 1. The van der Waals surface area contributed by atoms with Crippen LogP contribution in [0.5, 0.6) is 5.75 Å². The Labute approximate surface area is 130 Å². The van der Waals surface area contributed by atoms with Crippen molar-refractivity contribution in [1.29, 1.82) is 0 Å². The van der Waals surface area contributed by atoms with Crippen LogP contribution in [0.2, 0.25) is 0 Å². The number of amides is 1. The molecule has 1 aromatic rings. The summed E-state index contributed by atoms with van der Waals surface area (Å²) in [4.78, 5) is 26.5. The van der Waals surface area contributed by atoms with Gasteiger partial charge in [-0.2, -0.15) is 0 Å². The van der Waals surface area contributed by atoms with Crippen molar-refractivity contribution in [3.8, 4) is 5.75 Å². The van der Waals surface area contributed by atoms with Crippen LogP contribution in [-0.4, -0.2) is 37.9 Å². The Morgan fingerprint density at radius 3 is 2.82 bits per heavy atom. The molecule has 0 atom stereocenters. The predicted octanol–water partition coefficient (Wildman–Crippen LogP) is 2.00. The molecule has 1 fully saturated rings. The van der Waals surface area contributed by atoms with Crippen LogP contribution in [0, 0.1) is 5.92 Å². The summed E-state index contributed by atoms with van der Waals surface area (Å²) in [6, 6.07) is 5.47. The van der Waals surface area contributed by atoms with Gasteiger partial charge >= 0.3 is 0 Å². The molecule has 5 heteroatoms. The highest BCUT2D eigenvalue weighted by Crippen LogP contribution is 2.34. The van der Waals surface area contributed by atoms with Gasteiger partial charge in [0.05, 0.1) is 12.2 Å². The van der Waals surface area contributed by atoms with Crippen LogP contribution >= 0.6 is 0 Å². The molecule has 0 aromatic heterocycles. The van der Waals surface area contributed by atoms with E-state index in [1.165, 1.54) is 0 Å². The number of carbonyl (C=O) groups excluding carboxylic acids is 2. The Hall–Kier alpha value is -1.88. The van der Waals surface area contributed by atoms with Crippen LogP contribution < -0.4 is 15.0 Å². The van der Waals surface area contributed by atoms with Gasteiger partial charge in [-0.1, -0.05) is 6.92 Å². The van der Waals surface area contributed by atoms with Gasteiger partial charge in [-0.25, -0.2) is 0 Å². The topological polar surface area (TPSA) is 58.6 Å². The van der Waals surface area contributed by atoms with Gasteiger partial charge in [-0.15, -0.1) is 0 Å². The van der Waals surface area contributed by atoms with E-state index in [1.54, 1.807) is 4.90 Å². The number of ether oxygens (including phenoxy) is 1. The fourth-order valence-corrected chi connectivity index (χ4v) is 3.14. The van der Waals surface area contributed by atoms with Gasteiger partial charge in [0, 0.05) is 17.9 Å². The Kier molecular flexibility index (Phi) is 4.43. The molecule has 0 radical (unpaired) electrons. The Bertz CT molecular complexity index is 579. The minimum absolute atomic E-state index is 0.0658. The molecule has 3 rings (SSSR count). The van der Waals surface area contributed by atoms with Gasteiger partial charge in [0.25, 0.3) is 0 Å². The van der Waals surface area contributed by atoms with Crippen LogP contribution in [0.25, 0.3) is 0 Å². The number of nitrogens with one attached hydrogen (secondary N) is 1. The molecule has 1 saturated heterocycles. The van der Waals surface area contributed by atoms with Gasteiger partial charge in [-0.3, -0.25) is 9.59 Å². The molecule has 0 spiro atoms. The monoisotopic (exact) mass is 302 g/mol. The second-order valence-corrected chi connectivity index (χ2v) is 5.82. The summed E-state index contributed by atoms with van der Waals surface area (Å²) in [6.07, 6.45) is 2.21. The van der Waals surface area contributed by atoms with Gasteiger partial charge in [0.15, 0.2) is 5.78 Å². The lowest BCUT2D eigenvalue weighted by Crippen LogP contribution is -2.37. The molecule has 0 saturated carbocycles. The van der Waals surface area contributed by atoms with Crippen molar-refractivity contribution in [2.75, 3.05) is 31.1 Å². The molecule has 1 N–H and O–H groups in total. The van der Waals surface area contributed by atoms with Crippen molar-refractivity contribution < 1.29 is 14.3 Å². The minimum Gasteiger partial charge on any atom is -0.490 e. The Morgan fingerprint density at radius 1 is 1.32 bits per heavy atom. The highest BCUT2D eigenvalue weighted by molar-refractivity contribution is 6.01. The zero-order chi connectivity index (χ0) is 15.5. The molecule has 1 aromatic carbocycles. The van der Waals surface area contributed by atoms with Crippen LogP contribution in [0.1, 0.15) is 36.5 Å². The number of fused-ring (bicyclic) bond motifs is 1. The molecule has 2 aliphatic rings. The van der Waals surface area contributed by atoms with E-state index in [4.69, 9.17) is 4.74 Å². The van der Waals surface area contributed by atoms with Gasteiger partial charge in [0.1, 0.15) is 12.4 Å². The van der Waals surface area contributed by atoms with Gasteiger partial charge < -0.3 is 15.0 Å². The van der Waals surface area contributed by atoms with Crippen LogP contribution in [0.15, 0.2) is 18.2 Å². The summed E-state index contributed by atoms with van der Waals surface area (Å²) in [5, 5.41) is 3.28. The molecule has 0 aliphatic carbocycles. The molecular formula is C17H22N2O3. The number of piperidine rings is 1. The van der Waals surface area contributed by atoms with E-state index in [-0.39, 0.29) is 17.6 Å². The maximum atomic E-state index is 12.7. The fraction of sp³-hybridized carbons (Fsp3) is 0.529. The predicted molar refractivity (Wildman–Crippen MR) is 84.5 cm³/mol. The summed E-state index contributed by atoms with van der Waals surface area (Å²) in [5.41, 5.74) is 1.42. The van der Waals surface area contributed by atoms with E-state index in [9.17, 15) is 9.59 Å². The van der Waals surface area contributed by atoms with E-state index >= 15 is 0 Å². The van der Waals surface area contributed by atoms with Crippen molar-refractivity contribution in [2.24, 2.45) is 5.92 Å². The number of anilines is 1. The number of carbonyl (C=O) groups is 2. The maximum Gasteiger partial charge on any atom is 0.226 e. The molecule has 0 bridgehead atoms. The highest BCUT2D eigenvalue weighted by Gasteiger charge is 2.26. The molecule has 2 heterocycles. The van der Waals surface area contributed by atoms with E-state index in [2.05, 4.69) is 5.32 Å². The van der Waals surface area contributed by atoms with Crippen molar-refractivity contribution >= 4 is 17.4 Å². The number of benzene rings is 1. The molecular weight excluding hydrogens is 280 g/mol. The third-order valence-corrected chi connectivity index (χ3v) is 4.42. The zero-order valence-electron chi connectivity index (χ0n) is 12.9. The first-order valence-corrected chi connectivity index (χ1v) is 8.03. The third kappa shape index (κ3) is 2.86. The largest absolute Gasteiger partial charge is 0.490 e. The zero-order valence-corrected chi connectivity index (χ0v) is 12.9. The lowest BCUT2D eigenvalue weighted by atomic mass is 9.89. The summed E-state index contributed by atoms with van der Waals surface area (Å²) in [5.74, 6) is 1.02. The molecule has 0 unspecified atom stereocenters. The highest BCUT2D eigenvalue weighted by atomic mass is 16.5. The number of ketones is 1. The first-order valence-electron chi connectivity index (χ1n) is 8.03. The second kappa shape index (κ2) is 6.48. The van der Waals surface area contributed by atoms with E-state index in [1.807, 2.05) is 25.1 Å². The van der Waals surface area contributed by atoms with Crippen LogP contribution in [-0.2, 0) is 4.79 Å². The van der Waals surface area contributed by atoms with E-state index < -0.39 is 0 Å². The summed E-state index contributed by atoms with van der Waals surface area (Å²) >= 11 is 0. The normalized spacial score (nSPS) is 18.5. The molecule has 5 nitrogen and oxygen atoms in total. The number of nitrogens with zero attached hydrogens (tertiary/aromatic N) is 1. The first kappa shape index (κ1) is 15.0. The molecule has 22 heavy (non-hydrogen) atoms. The molecule has 1 amide bonds. The van der Waals surface area contributed by atoms with Crippen LogP contribution in [0.4, 0.5) is 5.69 Å². The smallest absolute Gasteiger partial charge is 0.226 e. The van der Waals surface area contributed by atoms with Gasteiger partial charge in [0.2, 0.25) is 5.91 Å². The number of rotatable bonds is 3. The number of hydrogen-bond acceptors (Lipinski definition) is 4. The molecule has 118 valence electrons. The first-order chi connectivity index (χ1) is 10.7. The summed E-state index contributed by atoms with van der Waals surface area (Å²) < 4.78 is 5.61. The average Bonchev–Trinajstić information content (AvgIpc) is 2.60. The lowest BCUT2D eigenvalue weighted by Gasteiger charge is -2.30. The second-order valence-electron chi connectivity index (χ2n) is 5.82. The quantitative estimate of drug-likeness (QED) is 0.868. The lowest BCUT2D eigenvalue weighted by molar-refractivity contribution is -0.118. The third-order valence-electron chi connectivity index (χ3n) is 4.42. The van der Waals surface area contributed by atoms with Gasteiger partial charge in [-0.05, 0) is 44.1 Å². The maximum absolute atomic E-state index is 12.7. The summed E-state index contributed by atoms with van der Waals surface area (Å²) in [6.45, 7) is 4.68. The fourth-order valence-electron chi connectivity index (χ4n) is 3.14. The van der Waals surface area contributed by atoms with Crippen LogP contribution in [0.3, 0.4) is 0 Å². The van der Waals surface area contributed by atoms with Crippen molar-refractivity contribution in [1.82, 2.24) is 5.32 Å².